The largest absolute Gasteiger partial charge is 0.387 e. The van der Waals surface area contributed by atoms with Crippen molar-refractivity contribution in [2.24, 2.45) is 4.99 Å². The van der Waals surface area contributed by atoms with Crippen molar-refractivity contribution in [3.8, 4) is 22.3 Å². The Kier molecular flexibility index (Phi) is 7.47. The molecule has 4 heteroatoms. The van der Waals surface area contributed by atoms with E-state index < -0.39 is 0 Å². The molecule has 0 bridgehead atoms. The van der Waals surface area contributed by atoms with Gasteiger partial charge in [0.25, 0.3) is 0 Å². The Morgan fingerprint density at radius 3 is 2.02 bits per heavy atom. The molecule has 0 aliphatic carbocycles. The van der Waals surface area contributed by atoms with Crippen molar-refractivity contribution in [1.29, 1.82) is 0 Å². The fraction of sp³-hybridized carbons (Fsp3) is 0.0714. The van der Waals surface area contributed by atoms with Gasteiger partial charge < -0.3 is 10.6 Å². The van der Waals surface area contributed by atoms with Gasteiger partial charge in [-0.2, -0.15) is 0 Å². The lowest BCUT2D eigenvalue weighted by Gasteiger charge is -2.32. The van der Waals surface area contributed by atoms with E-state index in [0.717, 1.165) is 23.5 Å². The molecule has 2 heterocycles. The van der Waals surface area contributed by atoms with Crippen molar-refractivity contribution in [3.05, 3.63) is 186 Å². The number of aliphatic imine (C=N–C) groups is 1. The maximum absolute atomic E-state index is 5.14. The maximum Gasteiger partial charge on any atom is 0.131 e. The third kappa shape index (κ3) is 5.51. The number of rotatable bonds is 6. The number of allylic oxidation sites excluding steroid dienone is 2. The molecule has 2 unspecified atom stereocenters. The molecule has 0 saturated heterocycles. The van der Waals surface area contributed by atoms with E-state index in [1.165, 1.54) is 49.7 Å². The highest BCUT2D eigenvalue weighted by molar-refractivity contribution is 6.04. The van der Waals surface area contributed by atoms with Gasteiger partial charge in [-0.1, -0.05) is 152 Å². The van der Waals surface area contributed by atoms with E-state index in [-0.39, 0.29) is 12.3 Å². The monoisotopic (exact) mass is 594 g/mol. The zero-order valence-electron chi connectivity index (χ0n) is 25.4. The predicted octanol–water partition coefficient (Wildman–Crippen LogP) is 9.01. The normalized spacial score (nSPS) is 17.5. The van der Waals surface area contributed by atoms with E-state index in [0.29, 0.717) is 0 Å². The van der Waals surface area contributed by atoms with Crippen LogP contribution >= 0.6 is 0 Å². The molecular formula is C42H34N4. The molecule has 0 spiro atoms. The Morgan fingerprint density at radius 2 is 1.26 bits per heavy atom. The summed E-state index contributed by atoms with van der Waals surface area (Å²) in [5.74, 6) is 0.887. The van der Waals surface area contributed by atoms with Gasteiger partial charge in [0.05, 0.1) is 0 Å². The fourth-order valence-electron chi connectivity index (χ4n) is 6.45. The van der Waals surface area contributed by atoms with E-state index in [4.69, 9.17) is 4.99 Å². The van der Waals surface area contributed by atoms with Gasteiger partial charge in [0, 0.05) is 12.1 Å². The summed E-state index contributed by atoms with van der Waals surface area (Å²) in [5.41, 5.74) is 10.7. The molecule has 0 saturated carbocycles. The first kappa shape index (κ1) is 27.8. The second-order valence-corrected chi connectivity index (χ2v) is 11.7. The lowest BCUT2D eigenvalue weighted by molar-refractivity contribution is 0.409. The Balaban J connectivity index is 1.17. The number of fused-ring (bicyclic) bond motifs is 1. The number of hydrogen-bond donors (Lipinski definition) is 3. The Bertz CT molecular complexity index is 2080. The van der Waals surface area contributed by atoms with Crippen LogP contribution in [0.5, 0.6) is 0 Å². The molecule has 2 atom stereocenters. The Morgan fingerprint density at radius 1 is 0.565 bits per heavy atom. The van der Waals surface area contributed by atoms with Crippen LogP contribution in [0.2, 0.25) is 0 Å². The van der Waals surface area contributed by atoms with Crippen molar-refractivity contribution in [3.63, 3.8) is 0 Å². The topological polar surface area (TPSA) is 48.5 Å². The van der Waals surface area contributed by atoms with Crippen LogP contribution < -0.4 is 16.0 Å². The van der Waals surface area contributed by atoms with Crippen molar-refractivity contribution >= 4 is 22.2 Å². The molecule has 2 aliphatic rings. The zero-order valence-corrected chi connectivity index (χ0v) is 25.4. The summed E-state index contributed by atoms with van der Waals surface area (Å²) in [7, 11) is 0. The smallest absolute Gasteiger partial charge is 0.131 e. The number of nitrogens with zero attached hydrogens (tertiary/aromatic N) is 1. The van der Waals surface area contributed by atoms with Gasteiger partial charge in [0.15, 0.2) is 0 Å². The van der Waals surface area contributed by atoms with E-state index in [9.17, 15) is 0 Å². The average Bonchev–Trinajstić information content (AvgIpc) is 3.15. The summed E-state index contributed by atoms with van der Waals surface area (Å²) >= 11 is 0. The standard InChI is InChI=1S/C42H34N4/c1-3-10-34(11-4-1)40-44-41(35-12-5-2-6-13-35)46-42(45-40)36-21-19-33(20-22-36)39-37-14-8-7-9-31(37)23-24-38(39)32-17-15-29(16-18-32)30-25-27-43-28-26-30/h1-27,40,42-43,45H,28H2,(H,44,46). The highest BCUT2D eigenvalue weighted by atomic mass is 15.3. The molecule has 222 valence electrons. The van der Waals surface area contributed by atoms with Crippen LogP contribution in [0.1, 0.15) is 34.6 Å². The van der Waals surface area contributed by atoms with E-state index in [1.807, 2.05) is 18.3 Å². The van der Waals surface area contributed by atoms with Crippen LogP contribution in [0.25, 0.3) is 38.6 Å². The molecule has 0 amide bonds. The molecule has 6 aromatic carbocycles. The lowest BCUT2D eigenvalue weighted by Crippen LogP contribution is -2.44. The summed E-state index contributed by atoms with van der Waals surface area (Å²) in [5, 5.41) is 13.1. The molecule has 0 fully saturated rings. The van der Waals surface area contributed by atoms with Crippen molar-refractivity contribution in [1.82, 2.24) is 16.0 Å². The molecule has 4 nitrogen and oxygen atoms in total. The summed E-state index contributed by atoms with van der Waals surface area (Å²) in [6.45, 7) is 0.858. The minimum atomic E-state index is -0.200. The first-order valence-electron chi connectivity index (χ1n) is 15.8. The summed E-state index contributed by atoms with van der Waals surface area (Å²) in [4.78, 5) is 5.14. The molecule has 2 aliphatic heterocycles. The van der Waals surface area contributed by atoms with Gasteiger partial charge >= 0.3 is 0 Å². The number of nitrogens with one attached hydrogen (secondary N) is 3. The van der Waals surface area contributed by atoms with Crippen molar-refractivity contribution in [2.75, 3.05) is 6.54 Å². The number of benzene rings is 6. The molecule has 6 aromatic rings. The van der Waals surface area contributed by atoms with Crippen LogP contribution in [0.4, 0.5) is 0 Å². The Labute approximate surface area is 269 Å². The molecule has 3 N–H and O–H groups in total. The minimum Gasteiger partial charge on any atom is -0.387 e. The number of hydrogen-bond acceptors (Lipinski definition) is 4. The van der Waals surface area contributed by atoms with Crippen LogP contribution in [0.15, 0.2) is 169 Å². The third-order valence-corrected chi connectivity index (χ3v) is 8.84. The lowest BCUT2D eigenvalue weighted by atomic mass is 9.88. The molecule has 8 rings (SSSR count). The molecule has 0 radical (unpaired) electrons. The maximum atomic E-state index is 5.14. The first-order valence-corrected chi connectivity index (χ1v) is 15.8. The zero-order chi connectivity index (χ0) is 30.7. The first-order chi connectivity index (χ1) is 22.8. The highest BCUT2D eigenvalue weighted by Gasteiger charge is 2.25. The number of dihydropyridines is 1. The SMILES string of the molecule is C1=CC(c2ccc(-c3ccc4ccccc4c3-c3ccc(C4N=C(c5ccccc5)NC(c5ccccc5)N4)cc3)cc2)=CCN1. The second kappa shape index (κ2) is 12.4. The Hall–Kier alpha value is -5.71. The van der Waals surface area contributed by atoms with Crippen LogP contribution in [0, 0.1) is 0 Å². The van der Waals surface area contributed by atoms with E-state index in [2.05, 4.69) is 162 Å². The van der Waals surface area contributed by atoms with Gasteiger partial charge in [0.2, 0.25) is 0 Å². The van der Waals surface area contributed by atoms with E-state index in [1.54, 1.807) is 0 Å². The van der Waals surface area contributed by atoms with Gasteiger partial charge in [-0.25, -0.2) is 4.99 Å². The van der Waals surface area contributed by atoms with Crippen molar-refractivity contribution < 1.29 is 0 Å². The highest BCUT2D eigenvalue weighted by Crippen LogP contribution is 2.39. The van der Waals surface area contributed by atoms with Gasteiger partial charge in [0.1, 0.15) is 18.2 Å². The van der Waals surface area contributed by atoms with Crippen LogP contribution in [0.3, 0.4) is 0 Å². The third-order valence-electron chi connectivity index (χ3n) is 8.84. The predicted molar refractivity (Wildman–Crippen MR) is 191 cm³/mol. The minimum absolute atomic E-state index is 0.0673. The van der Waals surface area contributed by atoms with Crippen LogP contribution in [-0.2, 0) is 0 Å². The van der Waals surface area contributed by atoms with Gasteiger partial charge in [-0.15, -0.1) is 0 Å². The van der Waals surface area contributed by atoms with Crippen molar-refractivity contribution in [2.45, 2.75) is 12.3 Å². The molecule has 46 heavy (non-hydrogen) atoms. The fourth-order valence-corrected chi connectivity index (χ4v) is 6.45. The average molecular weight is 595 g/mol. The molecular weight excluding hydrogens is 560 g/mol. The quantitative estimate of drug-likeness (QED) is 0.180. The summed E-state index contributed by atoms with van der Waals surface area (Å²) in [6, 6.07) is 51.9. The van der Waals surface area contributed by atoms with E-state index >= 15 is 0 Å². The summed E-state index contributed by atoms with van der Waals surface area (Å²) in [6.07, 6.45) is 6.11. The molecule has 0 aromatic heterocycles. The summed E-state index contributed by atoms with van der Waals surface area (Å²) < 4.78 is 0. The van der Waals surface area contributed by atoms with Crippen LogP contribution in [-0.4, -0.2) is 12.4 Å². The van der Waals surface area contributed by atoms with Gasteiger partial charge in [-0.05, 0) is 67.6 Å². The number of amidine groups is 1. The van der Waals surface area contributed by atoms with Gasteiger partial charge in [-0.3, -0.25) is 5.32 Å². The second-order valence-electron chi connectivity index (χ2n) is 11.7.